The van der Waals surface area contributed by atoms with E-state index in [-0.39, 0.29) is 5.91 Å². The lowest BCUT2D eigenvalue weighted by atomic mass is 10.1. The third-order valence-electron chi connectivity index (χ3n) is 2.17. The largest absolute Gasteiger partial charge is 0.344 e. The van der Waals surface area contributed by atoms with Gasteiger partial charge in [0.1, 0.15) is 4.88 Å². The van der Waals surface area contributed by atoms with E-state index in [0.29, 0.717) is 5.92 Å². The summed E-state index contributed by atoms with van der Waals surface area (Å²) in [5.41, 5.74) is 0. The molecule has 0 bridgehead atoms. The van der Waals surface area contributed by atoms with Crippen molar-refractivity contribution in [2.75, 3.05) is 14.1 Å². The molecule has 1 amide bonds. The van der Waals surface area contributed by atoms with Gasteiger partial charge in [0.15, 0.2) is 0 Å². The van der Waals surface area contributed by atoms with Crippen LogP contribution in [0.1, 0.15) is 40.9 Å². The van der Waals surface area contributed by atoms with Crippen LogP contribution < -0.4 is 0 Å². The van der Waals surface area contributed by atoms with Gasteiger partial charge in [-0.3, -0.25) is 4.79 Å². The van der Waals surface area contributed by atoms with Gasteiger partial charge in [0.2, 0.25) is 0 Å². The average Bonchev–Trinajstić information content (AvgIpc) is 2.64. The van der Waals surface area contributed by atoms with E-state index in [4.69, 9.17) is 0 Å². The summed E-state index contributed by atoms with van der Waals surface area (Å²) in [6, 6.07) is 0. The molecule has 0 aliphatic carbocycles. The van der Waals surface area contributed by atoms with Gasteiger partial charge in [0.05, 0.1) is 11.2 Å². The lowest BCUT2D eigenvalue weighted by Gasteiger charge is -2.07. The van der Waals surface area contributed by atoms with Crippen LogP contribution in [0.3, 0.4) is 0 Å². The van der Waals surface area contributed by atoms with Crippen LogP contribution in [0, 0.1) is 0 Å². The van der Waals surface area contributed by atoms with Crippen LogP contribution in [0.5, 0.6) is 0 Å². The van der Waals surface area contributed by atoms with Gasteiger partial charge in [-0.2, -0.15) is 0 Å². The average molecular weight is 212 g/mol. The minimum absolute atomic E-state index is 0.0389. The lowest BCUT2D eigenvalue weighted by Crippen LogP contribution is -2.20. The molecule has 0 spiro atoms. The smallest absolute Gasteiger partial charge is 0.265 e. The van der Waals surface area contributed by atoms with Gasteiger partial charge in [-0.1, -0.05) is 13.8 Å². The van der Waals surface area contributed by atoms with E-state index >= 15 is 0 Å². The first-order valence-electron chi connectivity index (χ1n) is 4.73. The van der Waals surface area contributed by atoms with Crippen molar-refractivity contribution in [3.05, 3.63) is 16.1 Å². The number of carbonyl (C=O) groups is 1. The number of hydrogen-bond acceptors (Lipinski definition) is 3. The van der Waals surface area contributed by atoms with Crippen LogP contribution in [0.4, 0.5) is 0 Å². The van der Waals surface area contributed by atoms with Crippen molar-refractivity contribution in [1.82, 2.24) is 9.88 Å². The normalized spacial score (nSPS) is 12.6. The second-order valence-electron chi connectivity index (χ2n) is 3.57. The van der Waals surface area contributed by atoms with Crippen molar-refractivity contribution < 1.29 is 4.79 Å². The van der Waals surface area contributed by atoms with E-state index in [1.54, 1.807) is 25.2 Å². The number of hydrogen-bond donors (Lipinski definition) is 0. The number of carbonyl (C=O) groups excluding carboxylic acids is 1. The molecule has 0 fully saturated rings. The highest BCUT2D eigenvalue weighted by Gasteiger charge is 2.14. The number of aromatic nitrogens is 1. The summed E-state index contributed by atoms with van der Waals surface area (Å²) >= 11 is 1.50. The third kappa shape index (κ3) is 2.32. The van der Waals surface area contributed by atoms with Crippen molar-refractivity contribution in [2.24, 2.45) is 0 Å². The number of rotatable bonds is 3. The van der Waals surface area contributed by atoms with E-state index in [9.17, 15) is 4.79 Å². The Morgan fingerprint density at radius 1 is 1.64 bits per heavy atom. The van der Waals surface area contributed by atoms with E-state index in [2.05, 4.69) is 18.8 Å². The van der Waals surface area contributed by atoms with Crippen LogP contribution in [0.25, 0.3) is 0 Å². The lowest BCUT2D eigenvalue weighted by molar-refractivity contribution is 0.0832. The number of amides is 1. The molecular weight excluding hydrogens is 196 g/mol. The molecule has 78 valence electrons. The Labute approximate surface area is 88.8 Å². The van der Waals surface area contributed by atoms with Gasteiger partial charge < -0.3 is 4.90 Å². The minimum atomic E-state index is 0.0389. The molecule has 1 aromatic rings. The van der Waals surface area contributed by atoms with Gasteiger partial charge >= 0.3 is 0 Å². The molecule has 14 heavy (non-hydrogen) atoms. The highest BCUT2D eigenvalue weighted by molar-refractivity contribution is 7.13. The molecule has 0 saturated heterocycles. The quantitative estimate of drug-likeness (QED) is 0.770. The Morgan fingerprint density at radius 3 is 2.79 bits per heavy atom. The summed E-state index contributed by atoms with van der Waals surface area (Å²) in [5, 5.41) is 1.05. The summed E-state index contributed by atoms with van der Waals surface area (Å²) in [6.07, 6.45) is 2.73. The second-order valence-corrected chi connectivity index (χ2v) is 4.63. The van der Waals surface area contributed by atoms with Crippen molar-refractivity contribution in [3.63, 3.8) is 0 Å². The maximum absolute atomic E-state index is 11.6. The van der Waals surface area contributed by atoms with Gasteiger partial charge in [-0.15, -0.1) is 11.3 Å². The van der Waals surface area contributed by atoms with Gasteiger partial charge in [0.25, 0.3) is 5.91 Å². The van der Waals surface area contributed by atoms with E-state index in [1.807, 2.05) is 0 Å². The second kappa shape index (κ2) is 4.55. The molecule has 4 heteroatoms. The molecule has 0 N–H and O–H groups in total. The predicted molar refractivity (Wildman–Crippen MR) is 58.8 cm³/mol. The van der Waals surface area contributed by atoms with Gasteiger partial charge in [-0.05, 0) is 6.42 Å². The van der Waals surface area contributed by atoms with Crippen LogP contribution in [-0.4, -0.2) is 29.9 Å². The summed E-state index contributed by atoms with van der Waals surface area (Å²) in [7, 11) is 3.51. The first-order valence-corrected chi connectivity index (χ1v) is 5.55. The van der Waals surface area contributed by atoms with Gasteiger partial charge in [-0.25, -0.2) is 4.98 Å². The molecule has 1 rings (SSSR count). The molecule has 0 aliphatic rings. The Morgan fingerprint density at radius 2 is 2.29 bits per heavy atom. The van der Waals surface area contributed by atoms with Crippen molar-refractivity contribution in [2.45, 2.75) is 26.2 Å². The fraction of sp³-hybridized carbons (Fsp3) is 0.600. The molecule has 1 unspecified atom stereocenters. The first kappa shape index (κ1) is 11.2. The van der Waals surface area contributed by atoms with E-state index < -0.39 is 0 Å². The highest BCUT2D eigenvalue weighted by Crippen LogP contribution is 2.24. The standard InChI is InChI=1S/C10H16N2OS/c1-5-7(2)9-11-6-8(14-9)10(13)12(3)4/h6-7H,5H2,1-4H3. The fourth-order valence-electron chi connectivity index (χ4n) is 1.01. The zero-order valence-corrected chi connectivity index (χ0v) is 9.89. The van der Waals surface area contributed by atoms with Gasteiger partial charge in [0, 0.05) is 20.0 Å². The van der Waals surface area contributed by atoms with Crippen LogP contribution in [-0.2, 0) is 0 Å². The summed E-state index contributed by atoms with van der Waals surface area (Å²) in [6.45, 7) is 4.25. The Kier molecular flexibility index (Phi) is 3.63. The summed E-state index contributed by atoms with van der Waals surface area (Å²) < 4.78 is 0. The highest BCUT2D eigenvalue weighted by atomic mass is 32.1. The molecule has 1 atom stereocenters. The van der Waals surface area contributed by atoms with Crippen LogP contribution >= 0.6 is 11.3 Å². The zero-order valence-electron chi connectivity index (χ0n) is 9.07. The molecule has 0 aromatic carbocycles. The third-order valence-corrected chi connectivity index (χ3v) is 3.39. The molecule has 0 saturated carbocycles. The minimum Gasteiger partial charge on any atom is -0.344 e. The van der Waals surface area contributed by atoms with Crippen LogP contribution in [0.15, 0.2) is 6.20 Å². The zero-order chi connectivity index (χ0) is 10.7. The molecule has 1 aromatic heterocycles. The Hall–Kier alpha value is -0.900. The number of thiazole rings is 1. The summed E-state index contributed by atoms with van der Waals surface area (Å²) in [5.74, 6) is 0.487. The molecule has 3 nitrogen and oxygen atoms in total. The molecule has 0 aliphatic heterocycles. The van der Waals surface area contributed by atoms with Crippen molar-refractivity contribution >= 4 is 17.2 Å². The Balaban J connectivity index is 2.83. The molecule has 1 heterocycles. The summed E-state index contributed by atoms with van der Waals surface area (Å²) in [4.78, 5) is 18.1. The van der Waals surface area contributed by atoms with E-state index in [0.717, 1.165) is 16.3 Å². The van der Waals surface area contributed by atoms with Crippen LogP contribution in [0.2, 0.25) is 0 Å². The topological polar surface area (TPSA) is 33.2 Å². The number of nitrogens with zero attached hydrogens (tertiary/aromatic N) is 2. The fourth-order valence-corrected chi connectivity index (χ4v) is 2.08. The maximum atomic E-state index is 11.6. The molecule has 0 radical (unpaired) electrons. The van der Waals surface area contributed by atoms with E-state index in [1.165, 1.54) is 11.3 Å². The van der Waals surface area contributed by atoms with Crippen molar-refractivity contribution in [1.29, 1.82) is 0 Å². The maximum Gasteiger partial charge on any atom is 0.265 e. The monoisotopic (exact) mass is 212 g/mol. The SMILES string of the molecule is CCC(C)c1ncc(C(=O)N(C)C)s1. The van der Waals surface area contributed by atoms with Crippen molar-refractivity contribution in [3.8, 4) is 0 Å². The predicted octanol–water partition coefficient (Wildman–Crippen LogP) is 2.36. The molecular formula is C10H16N2OS. The first-order chi connectivity index (χ1) is 6.56. The Bertz CT molecular complexity index is 320.